The SMILES string of the molecule is CC(c1ccccc1)N(C)C(=O)COC(=O)C(O)(c1ccccc1)c1ccccc1. The van der Waals surface area contributed by atoms with Gasteiger partial charge in [0, 0.05) is 7.05 Å². The Morgan fingerprint density at radius 1 is 0.867 bits per heavy atom. The second-order valence-electron chi connectivity index (χ2n) is 7.11. The van der Waals surface area contributed by atoms with Crippen LogP contribution in [0.25, 0.3) is 0 Å². The van der Waals surface area contributed by atoms with Crippen LogP contribution < -0.4 is 0 Å². The summed E-state index contributed by atoms with van der Waals surface area (Å²) in [6, 6.07) is 26.5. The highest BCUT2D eigenvalue weighted by Crippen LogP contribution is 2.31. The summed E-state index contributed by atoms with van der Waals surface area (Å²) in [5.74, 6) is -1.25. The Bertz CT molecular complexity index is 934. The van der Waals surface area contributed by atoms with Crippen molar-refractivity contribution >= 4 is 11.9 Å². The number of nitrogens with zero attached hydrogens (tertiary/aromatic N) is 1. The van der Waals surface area contributed by atoms with E-state index in [1.807, 2.05) is 37.3 Å². The Balaban J connectivity index is 1.76. The van der Waals surface area contributed by atoms with Crippen LogP contribution in [0.5, 0.6) is 0 Å². The zero-order valence-electron chi connectivity index (χ0n) is 17.1. The molecule has 1 unspecified atom stereocenters. The number of aliphatic hydroxyl groups is 1. The summed E-state index contributed by atoms with van der Waals surface area (Å²) in [5, 5.41) is 11.4. The average molecular weight is 403 g/mol. The molecule has 0 bridgehead atoms. The topological polar surface area (TPSA) is 66.8 Å². The molecule has 0 saturated heterocycles. The number of rotatable bonds is 7. The summed E-state index contributed by atoms with van der Waals surface area (Å²) in [6.07, 6.45) is 0. The fourth-order valence-electron chi connectivity index (χ4n) is 3.27. The van der Waals surface area contributed by atoms with Gasteiger partial charge in [-0.05, 0) is 23.6 Å². The second kappa shape index (κ2) is 9.37. The number of carbonyl (C=O) groups excluding carboxylic acids is 2. The van der Waals surface area contributed by atoms with E-state index in [-0.39, 0.29) is 11.9 Å². The molecule has 1 amide bonds. The standard InChI is InChI=1S/C25H25NO4/c1-19(20-12-6-3-7-13-20)26(2)23(27)18-30-24(28)25(29,21-14-8-4-9-15-21)22-16-10-5-11-17-22/h3-17,19,29H,18H2,1-2H3. The average Bonchev–Trinajstić information content (AvgIpc) is 2.82. The third kappa shape index (κ3) is 4.42. The Morgan fingerprint density at radius 3 is 1.77 bits per heavy atom. The highest BCUT2D eigenvalue weighted by Gasteiger charge is 2.42. The lowest BCUT2D eigenvalue weighted by molar-refractivity contribution is -0.166. The van der Waals surface area contributed by atoms with E-state index in [2.05, 4.69) is 0 Å². The minimum atomic E-state index is -2.01. The molecule has 1 N–H and O–H groups in total. The van der Waals surface area contributed by atoms with E-state index in [4.69, 9.17) is 4.74 Å². The molecule has 0 fully saturated rings. The molecule has 0 spiro atoms. The van der Waals surface area contributed by atoms with Crippen LogP contribution in [-0.4, -0.2) is 35.5 Å². The first kappa shape index (κ1) is 21.3. The number of benzene rings is 3. The number of esters is 1. The summed E-state index contributed by atoms with van der Waals surface area (Å²) in [7, 11) is 1.66. The maximum atomic E-state index is 13.0. The van der Waals surface area contributed by atoms with Crippen molar-refractivity contribution in [1.82, 2.24) is 4.90 Å². The van der Waals surface area contributed by atoms with Crippen LogP contribution in [0, 0.1) is 0 Å². The molecule has 0 aliphatic carbocycles. The quantitative estimate of drug-likeness (QED) is 0.611. The van der Waals surface area contributed by atoms with Gasteiger partial charge < -0.3 is 14.7 Å². The molecule has 0 aliphatic rings. The predicted molar refractivity (Wildman–Crippen MR) is 114 cm³/mol. The van der Waals surface area contributed by atoms with E-state index in [1.54, 1.807) is 67.7 Å². The number of likely N-dealkylation sites (N-methyl/N-ethyl adjacent to an activating group) is 1. The molecule has 0 saturated carbocycles. The van der Waals surface area contributed by atoms with Crippen molar-refractivity contribution in [2.75, 3.05) is 13.7 Å². The normalized spacial score (nSPS) is 12.1. The van der Waals surface area contributed by atoms with E-state index in [0.29, 0.717) is 11.1 Å². The van der Waals surface area contributed by atoms with Crippen LogP contribution in [0.2, 0.25) is 0 Å². The zero-order chi connectivity index (χ0) is 21.6. The van der Waals surface area contributed by atoms with Gasteiger partial charge in [-0.1, -0.05) is 91.0 Å². The van der Waals surface area contributed by atoms with Crippen molar-refractivity contribution in [2.24, 2.45) is 0 Å². The molecule has 0 aliphatic heterocycles. The van der Waals surface area contributed by atoms with Crippen molar-refractivity contribution in [3.05, 3.63) is 108 Å². The van der Waals surface area contributed by atoms with Crippen LogP contribution in [0.3, 0.4) is 0 Å². The molecule has 3 aromatic rings. The Morgan fingerprint density at radius 2 is 1.30 bits per heavy atom. The summed E-state index contributed by atoms with van der Waals surface area (Å²) in [6.45, 7) is 1.44. The molecule has 0 aromatic heterocycles. The highest BCUT2D eigenvalue weighted by atomic mass is 16.6. The smallest absolute Gasteiger partial charge is 0.348 e. The van der Waals surface area contributed by atoms with Crippen LogP contribution in [0.4, 0.5) is 0 Å². The summed E-state index contributed by atoms with van der Waals surface area (Å²) < 4.78 is 5.30. The second-order valence-corrected chi connectivity index (χ2v) is 7.11. The summed E-state index contributed by atoms with van der Waals surface area (Å²) in [4.78, 5) is 27.1. The lowest BCUT2D eigenvalue weighted by Gasteiger charge is -2.28. The molecular weight excluding hydrogens is 378 g/mol. The predicted octanol–water partition coefficient (Wildman–Crippen LogP) is 3.69. The molecule has 154 valence electrons. The van der Waals surface area contributed by atoms with E-state index < -0.39 is 18.2 Å². The van der Waals surface area contributed by atoms with Crippen molar-refractivity contribution in [3.8, 4) is 0 Å². The summed E-state index contributed by atoms with van der Waals surface area (Å²) >= 11 is 0. The molecular formula is C25H25NO4. The Hall–Kier alpha value is -3.44. The van der Waals surface area contributed by atoms with Gasteiger partial charge in [0.1, 0.15) is 0 Å². The van der Waals surface area contributed by atoms with Crippen molar-refractivity contribution in [1.29, 1.82) is 0 Å². The first-order valence-corrected chi connectivity index (χ1v) is 9.76. The fraction of sp³-hybridized carbons (Fsp3) is 0.200. The van der Waals surface area contributed by atoms with Gasteiger partial charge in [-0.2, -0.15) is 0 Å². The first-order chi connectivity index (χ1) is 14.4. The Kier molecular flexibility index (Phi) is 6.65. The van der Waals surface area contributed by atoms with E-state index in [0.717, 1.165) is 5.56 Å². The van der Waals surface area contributed by atoms with Crippen molar-refractivity contribution < 1.29 is 19.4 Å². The molecule has 3 aromatic carbocycles. The van der Waals surface area contributed by atoms with E-state index in [9.17, 15) is 14.7 Å². The van der Waals surface area contributed by atoms with Crippen molar-refractivity contribution in [3.63, 3.8) is 0 Å². The number of carbonyl (C=O) groups is 2. The largest absolute Gasteiger partial charge is 0.453 e. The highest BCUT2D eigenvalue weighted by molar-refractivity contribution is 5.88. The van der Waals surface area contributed by atoms with Gasteiger partial charge in [-0.3, -0.25) is 4.79 Å². The molecule has 30 heavy (non-hydrogen) atoms. The third-order valence-corrected chi connectivity index (χ3v) is 5.26. The first-order valence-electron chi connectivity index (χ1n) is 9.76. The van der Waals surface area contributed by atoms with Gasteiger partial charge in [-0.15, -0.1) is 0 Å². The van der Waals surface area contributed by atoms with Gasteiger partial charge in [-0.25, -0.2) is 4.79 Å². The third-order valence-electron chi connectivity index (χ3n) is 5.26. The molecule has 1 atom stereocenters. The molecule has 3 rings (SSSR count). The Labute approximate surface area is 176 Å². The van der Waals surface area contributed by atoms with Gasteiger partial charge in [0.15, 0.2) is 6.61 Å². The van der Waals surface area contributed by atoms with Crippen molar-refractivity contribution in [2.45, 2.75) is 18.6 Å². The van der Waals surface area contributed by atoms with Crippen LogP contribution >= 0.6 is 0 Å². The van der Waals surface area contributed by atoms with Gasteiger partial charge in [0.25, 0.3) is 5.91 Å². The van der Waals surface area contributed by atoms with E-state index in [1.165, 1.54) is 4.90 Å². The molecule has 0 radical (unpaired) electrons. The number of ether oxygens (including phenoxy) is 1. The lowest BCUT2D eigenvalue weighted by Crippen LogP contribution is -2.41. The van der Waals surface area contributed by atoms with Gasteiger partial charge in [0.05, 0.1) is 6.04 Å². The van der Waals surface area contributed by atoms with E-state index >= 15 is 0 Å². The minimum absolute atomic E-state index is 0.181. The van der Waals surface area contributed by atoms with Crippen LogP contribution in [0.1, 0.15) is 29.7 Å². The monoisotopic (exact) mass is 403 g/mol. The zero-order valence-corrected chi connectivity index (χ0v) is 17.1. The maximum absolute atomic E-state index is 13.0. The number of amides is 1. The fourth-order valence-corrected chi connectivity index (χ4v) is 3.27. The molecule has 0 heterocycles. The lowest BCUT2D eigenvalue weighted by atomic mass is 9.86. The minimum Gasteiger partial charge on any atom is -0.453 e. The maximum Gasteiger partial charge on any atom is 0.348 e. The summed E-state index contributed by atoms with van der Waals surface area (Å²) in [5.41, 5.74) is -0.282. The molecule has 5 nitrogen and oxygen atoms in total. The van der Waals surface area contributed by atoms with Gasteiger partial charge >= 0.3 is 5.97 Å². The number of hydrogen-bond donors (Lipinski definition) is 1. The van der Waals surface area contributed by atoms with Gasteiger partial charge in [0.2, 0.25) is 5.60 Å². The molecule has 5 heteroatoms. The van der Waals surface area contributed by atoms with Crippen LogP contribution in [-0.2, 0) is 19.9 Å². The van der Waals surface area contributed by atoms with Crippen LogP contribution in [0.15, 0.2) is 91.0 Å². The number of hydrogen-bond acceptors (Lipinski definition) is 4.